The quantitative estimate of drug-likeness (QED) is 0.670. The molecular weight excluding hydrogens is 164 g/mol. The first-order valence-corrected chi connectivity index (χ1v) is 5.18. The Morgan fingerprint density at radius 2 is 1.92 bits per heavy atom. The van der Waals surface area contributed by atoms with Gasteiger partial charge in [0.1, 0.15) is 0 Å². The summed E-state index contributed by atoms with van der Waals surface area (Å²) in [7, 11) is 1.86. The lowest BCUT2D eigenvalue weighted by Crippen LogP contribution is -2.48. The Kier molecular flexibility index (Phi) is 3.31. The summed E-state index contributed by atoms with van der Waals surface area (Å²) in [5, 5.41) is 6.16. The van der Waals surface area contributed by atoms with Crippen molar-refractivity contribution >= 4 is 5.91 Å². The van der Waals surface area contributed by atoms with Crippen molar-refractivity contribution in [1.82, 2.24) is 10.6 Å². The molecule has 0 aromatic carbocycles. The molecule has 0 aromatic heterocycles. The average Bonchev–Trinajstić information content (AvgIpc) is 2.94. The molecule has 3 heteroatoms. The van der Waals surface area contributed by atoms with E-state index in [-0.39, 0.29) is 11.4 Å². The molecule has 3 nitrogen and oxygen atoms in total. The number of amides is 1. The summed E-state index contributed by atoms with van der Waals surface area (Å²) in [6.45, 7) is 4.21. The molecule has 0 heterocycles. The Morgan fingerprint density at radius 3 is 2.23 bits per heavy atom. The second kappa shape index (κ2) is 4.09. The minimum atomic E-state index is -0.220. The van der Waals surface area contributed by atoms with Crippen LogP contribution < -0.4 is 10.6 Å². The molecule has 1 aliphatic rings. The van der Waals surface area contributed by atoms with E-state index in [4.69, 9.17) is 0 Å². The normalized spacial score (nSPS) is 18.8. The predicted molar refractivity (Wildman–Crippen MR) is 53.5 cm³/mol. The zero-order valence-electron chi connectivity index (χ0n) is 8.81. The summed E-state index contributed by atoms with van der Waals surface area (Å²) in [6.07, 6.45) is 4.00. The number of rotatable bonds is 5. The molecule has 0 unspecified atom stereocenters. The van der Waals surface area contributed by atoms with Crippen LogP contribution in [0.25, 0.3) is 0 Å². The molecule has 0 saturated heterocycles. The minimum absolute atomic E-state index is 0.184. The standard InChI is InChI=1S/C10H20N2O/c1-4-8(5-2)12-9(13)10(11-3)6-7-10/h8,11H,4-7H2,1-3H3,(H,12,13). The maximum absolute atomic E-state index is 11.7. The highest BCUT2D eigenvalue weighted by atomic mass is 16.2. The largest absolute Gasteiger partial charge is 0.352 e. The molecule has 0 bridgehead atoms. The van der Waals surface area contributed by atoms with Gasteiger partial charge in [0, 0.05) is 6.04 Å². The molecule has 0 spiro atoms. The van der Waals surface area contributed by atoms with Crippen molar-refractivity contribution in [2.75, 3.05) is 7.05 Å². The Labute approximate surface area is 80.3 Å². The summed E-state index contributed by atoms with van der Waals surface area (Å²) in [6, 6.07) is 0.346. The summed E-state index contributed by atoms with van der Waals surface area (Å²) >= 11 is 0. The SMILES string of the molecule is CCC(CC)NC(=O)C1(NC)CC1. The molecule has 76 valence electrons. The van der Waals surface area contributed by atoms with Crippen molar-refractivity contribution in [3.8, 4) is 0 Å². The molecule has 0 radical (unpaired) electrons. The van der Waals surface area contributed by atoms with Crippen molar-refractivity contribution < 1.29 is 4.79 Å². The van der Waals surface area contributed by atoms with Crippen molar-refractivity contribution in [2.45, 2.75) is 51.1 Å². The summed E-state index contributed by atoms with van der Waals surface area (Å²) < 4.78 is 0. The van der Waals surface area contributed by atoms with Crippen LogP contribution in [0.1, 0.15) is 39.5 Å². The van der Waals surface area contributed by atoms with E-state index in [9.17, 15) is 4.79 Å². The Morgan fingerprint density at radius 1 is 1.38 bits per heavy atom. The molecule has 1 aliphatic carbocycles. The van der Waals surface area contributed by atoms with E-state index in [1.165, 1.54) is 0 Å². The fourth-order valence-electron chi connectivity index (χ4n) is 1.53. The van der Waals surface area contributed by atoms with Crippen molar-refractivity contribution in [1.29, 1.82) is 0 Å². The maximum atomic E-state index is 11.7. The first kappa shape index (κ1) is 10.5. The second-order valence-electron chi connectivity index (χ2n) is 3.82. The van der Waals surface area contributed by atoms with Crippen LogP contribution in [-0.2, 0) is 4.79 Å². The van der Waals surface area contributed by atoms with E-state index in [2.05, 4.69) is 24.5 Å². The number of likely N-dealkylation sites (N-methyl/N-ethyl adjacent to an activating group) is 1. The first-order valence-electron chi connectivity index (χ1n) is 5.18. The van der Waals surface area contributed by atoms with E-state index in [1.807, 2.05) is 7.05 Å². The van der Waals surface area contributed by atoms with Gasteiger partial charge in [-0.1, -0.05) is 13.8 Å². The number of carbonyl (C=O) groups excluding carboxylic acids is 1. The zero-order chi connectivity index (χ0) is 9.90. The number of hydrogen-bond acceptors (Lipinski definition) is 2. The number of hydrogen-bond donors (Lipinski definition) is 2. The van der Waals surface area contributed by atoms with E-state index < -0.39 is 0 Å². The van der Waals surface area contributed by atoms with Crippen LogP contribution in [-0.4, -0.2) is 24.5 Å². The third-order valence-corrected chi connectivity index (χ3v) is 2.98. The molecule has 2 N–H and O–H groups in total. The lowest BCUT2D eigenvalue weighted by molar-refractivity contribution is -0.124. The first-order chi connectivity index (χ1) is 6.18. The number of nitrogens with one attached hydrogen (secondary N) is 2. The fraction of sp³-hybridized carbons (Fsp3) is 0.900. The van der Waals surface area contributed by atoms with Gasteiger partial charge in [0.05, 0.1) is 5.54 Å². The van der Waals surface area contributed by atoms with E-state index in [1.54, 1.807) is 0 Å². The second-order valence-corrected chi connectivity index (χ2v) is 3.82. The summed E-state index contributed by atoms with van der Waals surface area (Å²) in [4.78, 5) is 11.7. The highest BCUT2D eigenvalue weighted by Crippen LogP contribution is 2.35. The van der Waals surface area contributed by atoms with E-state index in [0.29, 0.717) is 6.04 Å². The maximum Gasteiger partial charge on any atom is 0.240 e. The lowest BCUT2D eigenvalue weighted by atomic mass is 10.1. The predicted octanol–water partition coefficient (Wildman–Crippen LogP) is 1.04. The Balaban J connectivity index is 2.40. The Bertz CT molecular complexity index is 183. The van der Waals surface area contributed by atoms with Gasteiger partial charge in [-0.2, -0.15) is 0 Å². The minimum Gasteiger partial charge on any atom is -0.352 e. The van der Waals surface area contributed by atoms with Gasteiger partial charge in [-0.3, -0.25) is 4.79 Å². The van der Waals surface area contributed by atoms with Crippen molar-refractivity contribution in [3.05, 3.63) is 0 Å². The van der Waals surface area contributed by atoms with Crippen LogP contribution in [0, 0.1) is 0 Å². The van der Waals surface area contributed by atoms with Crippen LogP contribution >= 0.6 is 0 Å². The van der Waals surface area contributed by atoms with Crippen LogP contribution in [0.5, 0.6) is 0 Å². The Hall–Kier alpha value is -0.570. The average molecular weight is 184 g/mol. The van der Waals surface area contributed by atoms with Gasteiger partial charge in [0.25, 0.3) is 0 Å². The smallest absolute Gasteiger partial charge is 0.240 e. The lowest BCUT2D eigenvalue weighted by Gasteiger charge is -2.19. The number of carbonyl (C=O) groups is 1. The summed E-state index contributed by atoms with van der Waals surface area (Å²) in [5.74, 6) is 0.184. The monoisotopic (exact) mass is 184 g/mol. The fourth-order valence-corrected chi connectivity index (χ4v) is 1.53. The van der Waals surface area contributed by atoms with Crippen molar-refractivity contribution in [3.63, 3.8) is 0 Å². The zero-order valence-corrected chi connectivity index (χ0v) is 8.81. The van der Waals surface area contributed by atoms with Crippen molar-refractivity contribution in [2.24, 2.45) is 0 Å². The van der Waals surface area contributed by atoms with Crippen LogP contribution in [0.4, 0.5) is 0 Å². The van der Waals surface area contributed by atoms with Gasteiger partial charge in [0.2, 0.25) is 5.91 Å². The summed E-state index contributed by atoms with van der Waals surface area (Å²) in [5.41, 5.74) is -0.220. The molecule has 13 heavy (non-hydrogen) atoms. The molecule has 0 aromatic rings. The topological polar surface area (TPSA) is 41.1 Å². The molecular formula is C10H20N2O. The van der Waals surface area contributed by atoms with Gasteiger partial charge in [0.15, 0.2) is 0 Å². The molecule has 0 atom stereocenters. The molecule has 1 fully saturated rings. The van der Waals surface area contributed by atoms with Crippen LogP contribution in [0.15, 0.2) is 0 Å². The van der Waals surface area contributed by atoms with Crippen LogP contribution in [0.3, 0.4) is 0 Å². The van der Waals surface area contributed by atoms with Gasteiger partial charge in [-0.05, 0) is 32.7 Å². The molecule has 0 aliphatic heterocycles. The third kappa shape index (κ3) is 2.21. The van der Waals surface area contributed by atoms with Crippen LogP contribution in [0.2, 0.25) is 0 Å². The highest BCUT2D eigenvalue weighted by Gasteiger charge is 2.48. The van der Waals surface area contributed by atoms with Gasteiger partial charge < -0.3 is 10.6 Å². The highest BCUT2D eigenvalue weighted by molar-refractivity contribution is 5.89. The molecule has 1 rings (SSSR count). The van der Waals surface area contributed by atoms with E-state index in [0.717, 1.165) is 25.7 Å². The third-order valence-electron chi connectivity index (χ3n) is 2.98. The molecule has 1 saturated carbocycles. The molecule has 1 amide bonds. The van der Waals surface area contributed by atoms with Gasteiger partial charge in [-0.25, -0.2) is 0 Å². The van der Waals surface area contributed by atoms with E-state index >= 15 is 0 Å². The van der Waals surface area contributed by atoms with Gasteiger partial charge >= 0.3 is 0 Å². The van der Waals surface area contributed by atoms with Gasteiger partial charge in [-0.15, -0.1) is 0 Å².